The lowest BCUT2D eigenvalue weighted by Crippen LogP contribution is -2.28. The van der Waals surface area contributed by atoms with Gasteiger partial charge in [-0.3, -0.25) is 4.79 Å². The van der Waals surface area contributed by atoms with Crippen LogP contribution in [-0.2, 0) is 9.53 Å². The van der Waals surface area contributed by atoms with Crippen molar-refractivity contribution in [3.05, 3.63) is 29.6 Å². The zero-order chi connectivity index (χ0) is 13.0. The third-order valence-corrected chi connectivity index (χ3v) is 2.44. The molecule has 0 bridgehead atoms. The van der Waals surface area contributed by atoms with Crippen LogP contribution in [-0.4, -0.2) is 24.1 Å². The monoisotopic (exact) mass is 256 g/mol. The van der Waals surface area contributed by atoms with Crippen LogP contribution in [0.1, 0.15) is 12.5 Å². The summed E-state index contributed by atoms with van der Waals surface area (Å²) in [6.07, 6.45) is -0.641. The summed E-state index contributed by atoms with van der Waals surface area (Å²) in [7, 11) is 1.41. The second kappa shape index (κ2) is 5.70. The van der Waals surface area contributed by atoms with Crippen molar-refractivity contribution in [3.63, 3.8) is 0 Å². The number of carbonyl (C=O) groups is 1. The fraction of sp³-hybridized carbons (Fsp3) is 0.273. The minimum atomic E-state index is -0.641. The summed E-state index contributed by atoms with van der Waals surface area (Å²) >= 11 is 4.74. The number of nitrogens with one attached hydrogen (secondary N) is 1. The summed E-state index contributed by atoms with van der Waals surface area (Å²) in [5.74, 6) is -0.962. The van der Waals surface area contributed by atoms with Gasteiger partial charge in [0.1, 0.15) is 16.9 Å². The minimum absolute atomic E-state index is 0.0270. The Kier molecular flexibility index (Phi) is 4.53. The van der Waals surface area contributed by atoms with E-state index < -0.39 is 17.8 Å². The fourth-order valence-corrected chi connectivity index (χ4v) is 1.43. The smallest absolute Gasteiger partial charge is 0.253 e. The van der Waals surface area contributed by atoms with Gasteiger partial charge in [-0.2, -0.15) is 0 Å². The van der Waals surface area contributed by atoms with Crippen LogP contribution < -0.4 is 11.1 Å². The molecule has 0 aliphatic rings. The van der Waals surface area contributed by atoms with Gasteiger partial charge in [-0.25, -0.2) is 4.39 Å². The van der Waals surface area contributed by atoms with Gasteiger partial charge in [0.25, 0.3) is 5.91 Å². The molecule has 1 atom stereocenters. The number of amides is 1. The van der Waals surface area contributed by atoms with Gasteiger partial charge < -0.3 is 15.8 Å². The van der Waals surface area contributed by atoms with Crippen LogP contribution in [0.25, 0.3) is 0 Å². The van der Waals surface area contributed by atoms with Crippen LogP contribution >= 0.6 is 12.2 Å². The molecule has 1 rings (SSSR count). The number of rotatable bonds is 4. The molecule has 0 saturated heterocycles. The standard InChI is InChI=1S/C11H13FN2O2S/c1-6(16-2)11(15)14-8-5-3-4-7(12)9(8)10(13)17/h3-6H,1-2H3,(H2,13,17)(H,14,15). The number of hydrogen-bond acceptors (Lipinski definition) is 3. The number of carbonyl (C=O) groups excluding carboxylic acids is 1. The third kappa shape index (κ3) is 3.21. The summed E-state index contributed by atoms with van der Waals surface area (Å²) in [5.41, 5.74) is 5.68. The molecule has 1 aromatic rings. The Bertz CT molecular complexity index is 451. The fourth-order valence-electron chi connectivity index (χ4n) is 1.22. The average Bonchev–Trinajstić information content (AvgIpc) is 2.27. The highest BCUT2D eigenvalue weighted by Gasteiger charge is 2.16. The van der Waals surface area contributed by atoms with Crippen molar-refractivity contribution < 1.29 is 13.9 Å². The van der Waals surface area contributed by atoms with Gasteiger partial charge in [-0.1, -0.05) is 18.3 Å². The normalized spacial score (nSPS) is 11.9. The molecule has 0 aliphatic carbocycles. The van der Waals surface area contributed by atoms with Crippen molar-refractivity contribution in [1.82, 2.24) is 0 Å². The van der Waals surface area contributed by atoms with Crippen LogP contribution in [0.4, 0.5) is 10.1 Å². The van der Waals surface area contributed by atoms with Gasteiger partial charge >= 0.3 is 0 Å². The highest BCUT2D eigenvalue weighted by molar-refractivity contribution is 7.80. The van der Waals surface area contributed by atoms with Crippen molar-refractivity contribution in [2.45, 2.75) is 13.0 Å². The topological polar surface area (TPSA) is 64.3 Å². The summed E-state index contributed by atoms with van der Waals surface area (Å²) in [6.45, 7) is 1.58. The van der Waals surface area contributed by atoms with E-state index >= 15 is 0 Å². The summed E-state index contributed by atoms with van der Waals surface area (Å²) < 4.78 is 18.3. The summed E-state index contributed by atoms with van der Waals surface area (Å²) in [4.78, 5) is 11.5. The lowest BCUT2D eigenvalue weighted by atomic mass is 10.1. The van der Waals surface area contributed by atoms with Gasteiger partial charge in [0.2, 0.25) is 0 Å². The van der Waals surface area contributed by atoms with E-state index in [9.17, 15) is 9.18 Å². The minimum Gasteiger partial charge on any atom is -0.389 e. The number of ether oxygens (including phenoxy) is 1. The van der Waals surface area contributed by atoms with E-state index in [-0.39, 0.29) is 16.2 Å². The molecule has 0 spiro atoms. The Hall–Kier alpha value is -1.53. The highest BCUT2D eigenvalue weighted by Crippen LogP contribution is 2.19. The molecule has 1 aromatic carbocycles. The summed E-state index contributed by atoms with van der Waals surface area (Å²) in [5, 5.41) is 2.51. The number of thiocarbonyl (C=S) groups is 1. The van der Waals surface area contributed by atoms with Gasteiger partial charge in [-0.05, 0) is 19.1 Å². The molecule has 0 heterocycles. The van der Waals surface area contributed by atoms with Gasteiger partial charge in [0.05, 0.1) is 11.3 Å². The maximum absolute atomic E-state index is 13.5. The van der Waals surface area contributed by atoms with Gasteiger partial charge in [-0.15, -0.1) is 0 Å². The Morgan fingerprint density at radius 1 is 1.59 bits per heavy atom. The molecule has 6 heteroatoms. The van der Waals surface area contributed by atoms with Gasteiger partial charge in [0.15, 0.2) is 0 Å². The number of halogens is 1. The van der Waals surface area contributed by atoms with Crippen molar-refractivity contribution in [2.24, 2.45) is 5.73 Å². The first kappa shape index (κ1) is 13.5. The number of hydrogen-bond donors (Lipinski definition) is 2. The Morgan fingerprint density at radius 2 is 2.24 bits per heavy atom. The molecule has 0 aromatic heterocycles. The second-order valence-corrected chi connectivity index (χ2v) is 3.83. The lowest BCUT2D eigenvalue weighted by Gasteiger charge is -2.13. The number of anilines is 1. The number of methoxy groups -OCH3 is 1. The van der Waals surface area contributed by atoms with Crippen LogP contribution in [0.3, 0.4) is 0 Å². The molecule has 1 unspecified atom stereocenters. The molecule has 0 saturated carbocycles. The van der Waals surface area contributed by atoms with Crippen molar-refractivity contribution in [3.8, 4) is 0 Å². The lowest BCUT2D eigenvalue weighted by molar-refractivity contribution is -0.124. The zero-order valence-corrected chi connectivity index (χ0v) is 10.3. The molecule has 0 fully saturated rings. The van der Waals surface area contributed by atoms with Crippen LogP contribution in [0.2, 0.25) is 0 Å². The second-order valence-electron chi connectivity index (χ2n) is 3.39. The Morgan fingerprint density at radius 3 is 2.76 bits per heavy atom. The molecule has 1 amide bonds. The van der Waals surface area contributed by atoms with E-state index in [0.29, 0.717) is 0 Å². The van der Waals surface area contributed by atoms with E-state index in [1.54, 1.807) is 6.92 Å². The zero-order valence-electron chi connectivity index (χ0n) is 9.49. The van der Waals surface area contributed by atoms with E-state index in [2.05, 4.69) is 5.32 Å². The molecule has 0 radical (unpaired) electrons. The molecule has 17 heavy (non-hydrogen) atoms. The summed E-state index contributed by atoms with van der Waals surface area (Å²) in [6, 6.07) is 4.21. The Labute approximate surface area is 104 Å². The predicted octanol–water partition coefficient (Wildman–Crippen LogP) is 1.43. The SMILES string of the molecule is COC(C)C(=O)Nc1cccc(F)c1C(N)=S. The number of nitrogens with two attached hydrogens (primary N) is 1. The number of benzene rings is 1. The van der Waals surface area contributed by atoms with Crippen LogP contribution in [0.15, 0.2) is 18.2 Å². The third-order valence-electron chi connectivity index (χ3n) is 2.24. The molecule has 3 N–H and O–H groups in total. The van der Waals surface area contributed by atoms with E-state index in [0.717, 1.165) is 0 Å². The maximum Gasteiger partial charge on any atom is 0.253 e. The molecule has 0 aliphatic heterocycles. The quantitative estimate of drug-likeness (QED) is 0.800. The van der Waals surface area contributed by atoms with Crippen LogP contribution in [0, 0.1) is 5.82 Å². The highest BCUT2D eigenvalue weighted by atomic mass is 32.1. The van der Waals surface area contributed by atoms with Crippen molar-refractivity contribution in [1.29, 1.82) is 0 Å². The first-order chi connectivity index (χ1) is 7.97. The van der Waals surface area contributed by atoms with Crippen molar-refractivity contribution in [2.75, 3.05) is 12.4 Å². The molecular formula is C11H13FN2O2S. The average molecular weight is 256 g/mol. The van der Waals surface area contributed by atoms with E-state index in [1.165, 1.54) is 25.3 Å². The molecule has 4 nitrogen and oxygen atoms in total. The first-order valence-corrected chi connectivity index (χ1v) is 5.30. The molecule has 92 valence electrons. The van der Waals surface area contributed by atoms with E-state index in [1.807, 2.05) is 0 Å². The first-order valence-electron chi connectivity index (χ1n) is 4.89. The van der Waals surface area contributed by atoms with Crippen molar-refractivity contribution >= 4 is 28.8 Å². The van der Waals surface area contributed by atoms with Gasteiger partial charge in [0, 0.05) is 7.11 Å². The molecular weight excluding hydrogens is 243 g/mol. The predicted molar refractivity (Wildman–Crippen MR) is 67.4 cm³/mol. The van der Waals surface area contributed by atoms with E-state index in [4.69, 9.17) is 22.7 Å². The van der Waals surface area contributed by atoms with Crippen LogP contribution in [0.5, 0.6) is 0 Å². The largest absolute Gasteiger partial charge is 0.389 e. The Balaban J connectivity index is 3.03. The maximum atomic E-state index is 13.5.